The standard InChI is InChI=1S/C18H15N2.ClH/c1-2-9-17-15(6-1)7-5-8-16(17)14-20-13-12-19-11-4-3-10-18(19)20;/h1-13H,14H2;1H/q+1;/p-1. The van der Waals surface area contributed by atoms with Crippen LogP contribution >= 0.6 is 0 Å². The third-order valence-electron chi connectivity index (χ3n) is 3.79. The summed E-state index contributed by atoms with van der Waals surface area (Å²) in [6.45, 7) is 0.891. The van der Waals surface area contributed by atoms with E-state index in [0.717, 1.165) is 6.54 Å². The molecule has 2 aromatic heterocycles. The topological polar surface area (TPSA) is 8.29 Å². The highest BCUT2D eigenvalue weighted by Gasteiger charge is 2.10. The van der Waals surface area contributed by atoms with Gasteiger partial charge in [-0.3, -0.25) is 0 Å². The molecule has 2 heterocycles. The van der Waals surface area contributed by atoms with E-state index >= 15 is 0 Å². The molecule has 2 aromatic carbocycles. The molecular weight excluding hydrogens is 280 g/mol. The SMILES string of the molecule is [Cl-].c1ccc2c(C[n+]3ccn4ccccc43)cccc2c1. The second kappa shape index (κ2) is 5.58. The van der Waals surface area contributed by atoms with Crippen molar-refractivity contribution in [1.82, 2.24) is 4.40 Å². The Hall–Kier alpha value is -2.32. The third kappa shape index (κ3) is 2.39. The number of hydrogen-bond acceptors (Lipinski definition) is 0. The maximum absolute atomic E-state index is 2.28. The number of imidazole rings is 1. The van der Waals surface area contributed by atoms with Gasteiger partial charge in [-0.25, -0.2) is 8.97 Å². The average Bonchev–Trinajstić information content (AvgIpc) is 2.91. The Morgan fingerprint density at radius 2 is 1.62 bits per heavy atom. The van der Waals surface area contributed by atoms with Crippen LogP contribution in [0.3, 0.4) is 0 Å². The van der Waals surface area contributed by atoms with Crippen molar-refractivity contribution in [2.45, 2.75) is 6.54 Å². The van der Waals surface area contributed by atoms with Crippen molar-refractivity contribution in [3.05, 3.63) is 84.8 Å². The van der Waals surface area contributed by atoms with Crippen molar-refractivity contribution >= 4 is 16.4 Å². The van der Waals surface area contributed by atoms with Crippen LogP contribution in [0, 0.1) is 0 Å². The van der Waals surface area contributed by atoms with Gasteiger partial charge in [-0.2, -0.15) is 0 Å². The van der Waals surface area contributed by atoms with Gasteiger partial charge in [-0.1, -0.05) is 48.5 Å². The van der Waals surface area contributed by atoms with Gasteiger partial charge in [0.15, 0.2) is 0 Å². The molecule has 0 atom stereocenters. The summed E-state index contributed by atoms with van der Waals surface area (Å²) in [5, 5.41) is 2.63. The molecule has 0 aliphatic carbocycles. The summed E-state index contributed by atoms with van der Waals surface area (Å²) < 4.78 is 4.42. The average molecular weight is 295 g/mol. The molecule has 0 fully saturated rings. The first kappa shape index (κ1) is 13.7. The lowest BCUT2D eigenvalue weighted by Crippen LogP contribution is -3.00. The smallest absolute Gasteiger partial charge is 0.286 e. The fourth-order valence-corrected chi connectivity index (χ4v) is 2.79. The second-order valence-corrected chi connectivity index (χ2v) is 5.03. The largest absolute Gasteiger partial charge is 1.00 e. The van der Waals surface area contributed by atoms with Crippen molar-refractivity contribution in [3.63, 3.8) is 0 Å². The van der Waals surface area contributed by atoms with E-state index in [1.54, 1.807) is 0 Å². The van der Waals surface area contributed by atoms with Gasteiger partial charge in [0.05, 0.1) is 6.20 Å². The summed E-state index contributed by atoms with van der Waals surface area (Å²) in [4.78, 5) is 0. The number of aromatic nitrogens is 2. The Labute approximate surface area is 129 Å². The van der Waals surface area contributed by atoms with Gasteiger partial charge in [0, 0.05) is 11.6 Å². The second-order valence-electron chi connectivity index (χ2n) is 5.03. The molecule has 0 radical (unpaired) electrons. The lowest BCUT2D eigenvalue weighted by Gasteiger charge is -2.04. The Balaban J connectivity index is 0.00000132. The minimum atomic E-state index is 0. The minimum absolute atomic E-state index is 0. The van der Waals surface area contributed by atoms with Crippen LogP contribution in [-0.4, -0.2) is 4.40 Å². The highest BCUT2D eigenvalue weighted by atomic mass is 35.5. The van der Waals surface area contributed by atoms with Crippen LogP contribution < -0.4 is 17.0 Å². The molecule has 0 N–H and O–H groups in total. The Morgan fingerprint density at radius 1 is 0.810 bits per heavy atom. The molecule has 3 heteroatoms. The molecule has 104 valence electrons. The van der Waals surface area contributed by atoms with E-state index in [4.69, 9.17) is 0 Å². The van der Waals surface area contributed by atoms with Crippen LogP contribution in [-0.2, 0) is 6.54 Å². The van der Waals surface area contributed by atoms with E-state index in [2.05, 4.69) is 88.2 Å². The zero-order valence-electron chi connectivity index (χ0n) is 11.5. The lowest BCUT2D eigenvalue weighted by atomic mass is 10.0. The maximum atomic E-state index is 2.28. The summed E-state index contributed by atoms with van der Waals surface area (Å²) in [7, 11) is 0. The van der Waals surface area contributed by atoms with Crippen LogP contribution in [0.15, 0.2) is 79.3 Å². The monoisotopic (exact) mass is 294 g/mol. The van der Waals surface area contributed by atoms with E-state index in [1.165, 1.54) is 22.0 Å². The first-order valence-electron chi connectivity index (χ1n) is 6.83. The number of rotatable bonds is 2. The van der Waals surface area contributed by atoms with Gasteiger partial charge in [0.1, 0.15) is 18.9 Å². The molecule has 0 spiro atoms. The number of hydrogen-bond donors (Lipinski definition) is 0. The Bertz CT molecular complexity index is 890. The predicted molar refractivity (Wildman–Crippen MR) is 80.6 cm³/mol. The molecule has 4 rings (SSSR count). The lowest BCUT2D eigenvalue weighted by molar-refractivity contribution is -0.661. The fraction of sp³-hybridized carbons (Fsp3) is 0.0556. The normalized spacial score (nSPS) is 10.7. The van der Waals surface area contributed by atoms with Gasteiger partial charge in [-0.05, 0) is 16.8 Å². The van der Waals surface area contributed by atoms with Crippen molar-refractivity contribution in [2.24, 2.45) is 0 Å². The molecule has 4 aromatic rings. The first-order valence-corrected chi connectivity index (χ1v) is 6.83. The number of nitrogens with zero attached hydrogens (tertiary/aromatic N) is 2. The van der Waals surface area contributed by atoms with E-state index in [9.17, 15) is 0 Å². The van der Waals surface area contributed by atoms with Gasteiger partial charge >= 0.3 is 0 Å². The number of pyridine rings is 1. The van der Waals surface area contributed by atoms with Crippen molar-refractivity contribution in [1.29, 1.82) is 0 Å². The maximum Gasteiger partial charge on any atom is 0.286 e. The molecule has 0 aliphatic heterocycles. The van der Waals surface area contributed by atoms with Crippen LogP contribution in [0.5, 0.6) is 0 Å². The van der Waals surface area contributed by atoms with Gasteiger partial charge < -0.3 is 12.4 Å². The quantitative estimate of drug-likeness (QED) is 0.474. The van der Waals surface area contributed by atoms with Crippen LogP contribution in [0.25, 0.3) is 16.4 Å². The van der Waals surface area contributed by atoms with Gasteiger partial charge in [0.2, 0.25) is 0 Å². The number of benzene rings is 2. The number of fused-ring (bicyclic) bond motifs is 2. The zero-order valence-corrected chi connectivity index (χ0v) is 12.2. The van der Waals surface area contributed by atoms with Gasteiger partial charge in [0.25, 0.3) is 5.65 Å². The minimum Gasteiger partial charge on any atom is -1.00 e. The van der Waals surface area contributed by atoms with Crippen molar-refractivity contribution in [3.8, 4) is 0 Å². The molecule has 0 aliphatic rings. The summed E-state index contributed by atoms with van der Waals surface area (Å²) in [5.74, 6) is 0. The molecule has 0 amide bonds. The van der Waals surface area contributed by atoms with Crippen LogP contribution in [0.4, 0.5) is 0 Å². The van der Waals surface area contributed by atoms with Crippen molar-refractivity contribution in [2.75, 3.05) is 0 Å². The van der Waals surface area contributed by atoms with Crippen LogP contribution in [0.2, 0.25) is 0 Å². The number of halogens is 1. The summed E-state index contributed by atoms with van der Waals surface area (Å²) >= 11 is 0. The Morgan fingerprint density at radius 3 is 2.57 bits per heavy atom. The summed E-state index contributed by atoms with van der Waals surface area (Å²) in [5.41, 5.74) is 2.56. The Kier molecular flexibility index (Phi) is 3.63. The fourth-order valence-electron chi connectivity index (χ4n) is 2.79. The summed E-state index contributed by atoms with van der Waals surface area (Å²) in [6.07, 6.45) is 6.31. The van der Waals surface area contributed by atoms with E-state index in [-0.39, 0.29) is 12.4 Å². The third-order valence-corrected chi connectivity index (χ3v) is 3.79. The van der Waals surface area contributed by atoms with E-state index < -0.39 is 0 Å². The van der Waals surface area contributed by atoms with Crippen LogP contribution in [0.1, 0.15) is 5.56 Å². The molecule has 0 saturated heterocycles. The molecule has 0 unspecified atom stereocenters. The zero-order chi connectivity index (χ0) is 13.4. The molecule has 0 saturated carbocycles. The summed E-state index contributed by atoms with van der Waals surface area (Å²) in [6, 6.07) is 21.3. The van der Waals surface area contributed by atoms with E-state index in [0.29, 0.717) is 0 Å². The molecule has 2 nitrogen and oxygen atoms in total. The van der Waals surface area contributed by atoms with Gasteiger partial charge in [-0.15, -0.1) is 0 Å². The molecule has 0 bridgehead atoms. The highest BCUT2D eigenvalue weighted by Crippen LogP contribution is 2.18. The first-order chi connectivity index (χ1) is 9.92. The molecular formula is C18H15ClN2. The van der Waals surface area contributed by atoms with Crippen molar-refractivity contribution < 1.29 is 17.0 Å². The molecule has 21 heavy (non-hydrogen) atoms. The highest BCUT2D eigenvalue weighted by molar-refractivity contribution is 5.85. The predicted octanol–water partition coefficient (Wildman–Crippen LogP) is 0.432. The van der Waals surface area contributed by atoms with E-state index in [1.807, 2.05) is 0 Å².